The van der Waals surface area contributed by atoms with E-state index >= 15 is 0 Å². The summed E-state index contributed by atoms with van der Waals surface area (Å²) in [7, 11) is 1.26. The Balaban J connectivity index is 1.43. The molecule has 0 radical (unpaired) electrons. The van der Waals surface area contributed by atoms with E-state index in [1.165, 1.54) is 7.11 Å². The Morgan fingerprint density at radius 3 is 2.32 bits per heavy atom. The molecule has 1 aliphatic heterocycles. The highest BCUT2D eigenvalue weighted by molar-refractivity contribution is 9.10. The van der Waals surface area contributed by atoms with Gasteiger partial charge in [0, 0.05) is 35.4 Å². The zero-order chi connectivity index (χ0) is 24.3. The molecule has 0 aliphatic carbocycles. The van der Waals surface area contributed by atoms with Crippen molar-refractivity contribution in [3.8, 4) is 17.2 Å². The monoisotopic (exact) mass is 566 g/mol. The van der Waals surface area contributed by atoms with Crippen LogP contribution in [-0.2, 0) is 16.3 Å². The Labute approximate surface area is 212 Å². The van der Waals surface area contributed by atoms with Gasteiger partial charge >= 0.3 is 0 Å². The average molecular weight is 568 g/mol. The van der Waals surface area contributed by atoms with Gasteiger partial charge in [0.25, 0.3) is 0 Å². The lowest BCUT2D eigenvalue weighted by atomic mass is 10.1. The fourth-order valence-electron chi connectivity index (χ4n) is 4.11. The minimum absolute atomic E-state index is 0.244. The van der Waals surface area contributed by atoms with Gasteiger partial charge in [-0.15, -0.1) is 11.3 Å². The molecule has 7 nitrogen and oxygen atoms in total. The third-order valence-corrected chi connectivity index (χ3v) is 9.64. The van der Waals surface area contributed by atoms with Crippen LogP contribution in [0, 0.1) is 0 Å². The molecule has 1 fully saturated rings. The number of nitrogens with zero attached hydrogens (tertiary/aromatic N) is 2. The molecule has 1 aromatic heterocycles. The second-order valence-corrected chi connectivity index (χ2v) is 12.0. The topological polar surface area (TPSA) is 78.0 Å². The van der Waals surface area contributed by atoms with E-state index < -0.39 is 15.1 Å². The zero-order valence-corrected chi connectivity index (χ0v) is 22.5. The van der Waals surface area contributed by atoms with Crippen LogP contribution in [0.1, 0.15) is 24.1 Å². The lowest BCUT2D eigenvalue weighted by Crippen LogP contribution is -2.39. The average Bonchev–Trinajstić information content (AvgIpc) is 3.32. The summed E-state index contributed by atoms with van der Waals surface area (Å²) in [6, 6.07) is 10.9. The van der Waals surface area contributed by atoms with E-state index in [4.69, 9.17) is 19.2 Å². The maximum Gasteiger partial charge on any atom is 0.185 e. The van der Waals surface area contributed by atoms with Crippen molar-refractivity contribution in [1.82, 2.24) is 4.98 Å². The molecule has 0 bridgehead atoms. The van der Waals surface area contributed by atoms with Gasteiger partial charge in [0.05, 0.1) is 32.3 Å². The van der Waals surface area contributed by atoms with E-state index in [0.29, 0.717) is 42.6 Å². The van der Waals surface area contributed by atoms with Crippen molar-refractivity contribution in [2.75, 3.05) is 39.3 Å². The lowest BCUT2D eigenvalue weighted by molar-refractivity contribution is 0.393. The van der Waals surface area contributed by atoms with Gasteiger partial charge in [-0.1, -0.05) is 15.9 Å². The number of thiazole rings is 1. The van der Waals surface area contributed by atoms with Crippen LogP contribution in [0.4, 0.5) is 5.13 Å². The number of halogens is 1. The van der Waals surface area contributed by atoms with Gasteiger partial charge in [0.1, 0.15) is 22.1 Å². The molecular formula is C24H27BrN2O5S2. The number of sulfone groups is 1. The third-order valence-electron chi connectivity index (χ3n) is 5.92. The third kappa shape index (κ3) is 5.34. The van der Waals surface area contributed by atoms with Crippen LogP contribution < -0.4 is 19.1 Å². The number of anilines is 1. The molecule has 0 unspecified atom stereocenters. The zero-order valence-electron chi connectivity index (χ0n) is 19.3. The lowest BCUT2D eigenvalue weighted by Gasteiger charge is -2.31. The first-order chi connectivity index (χ1) is 16.3. The van der Waals surface area contributed by atoms with Gasteiger partial charge in [0.2, 0.25) is 0 Å². The summed E-state index contributed by atoms with van der Waals surface area (Å²) >= 11 is 4.96. The Bertz CT molecular complexity index is 1230. The molecular weight excluding hydrogens is 540 g/mol. The summed E-state index contributed by atoms with van der Waals surface area (Å²) in [5.41, 5.74) is 2.02. The number of methoxy groups -OCH3 is 3. The summed E-state index contributed by atoms with van der Waals surface area (Å²) in [6.45, 7) is 1.28. The molecule has 2 aromatic carbocycles. The van der Waals surface area contributed by atoms with E-state index in [0.717, 1.165) is 27.9 Å². The molecule has 0 atom stereocenters. The van der Waals surface area contributed by atoms with Crippen molar-refractivity contribution in [2.24, 2.45) is 0 Å². The minimum Gasteiger partial charge on any atom is -0.497 e. The first kappa shape index (κ1) is 24.8. The smallest absolute Gasteiger partial charge is 0.185 e. The maximum atomic E-state index is 13.3. The highest BCUT2D eigenvalue weighted by Gasteiger charge is 2.34. The highest BCUT2D eigenvalue weighted by Crippen LogP contribution is 2.35. The molecule has 182 valence electrons. The van der Waals surface area contributed by atoms with Crippen LogP contribution >= 0.6 is 27.3 Å². The fourth-order valence-corrected chi connectivity index (χ4v) is 7.42. The van der Waals surface area contributed by atoms with Gasteiger partial charge in [-0.25, -0.2) is 13.4 Å². The summed E-state index contributed by atoms with van der Waals surface area (Å²) < 4.78 is 43.4. The second-order valence-electron chi connectivity index (χ2n) is 8.05. The molecule has 0 N–H and O–H groups in total. The molecule has 3 aromatic rings. The molecule has 0 saturated carbocycles. The van der Waals surface area contributed by atoms with Crippen molar-refractivity contribution in [1.29, 1.82) is 0 Å². The van der Waals surface area contributed by atoms with Gasteiger partial charge in [-0.3, -0.25) is 0 Å². The van der Waals surface area contributed by atoms with E-state index in [2.05, 4.69) is 26.2 Å². The number of aromatic nitrogens is 1. The van der Waals surface area contributed by atoms with Gasteiger partial charge in [-0.05, 0) is 48.7 Å². The van der Waals surface area contributed by atoms with E-state index in [9.17, 15) is 8.42 Å². The number of rotatable bonds is 8. The molecule has 0 spiro atoms. The van der Waals surface area contributed by atoms with Crippen molar-refractivity contribution < 1.29 is 22.6 Å². The Kier molecular flexibility index (Phi) is 7.69. The van der Waals surface area contributed by atoms with E-state index in [1.54, 1.807) is 43.8 Å². The van der Waals surface area contributed by atoms with Crippen molar-refractivity contribution in [3.05, 3.63) is 57.5 Å². The first-order valence-corrected chi connectivity index (χ1v) is 14.0. The predicted octanol–water partition coefficient (Wildman–Crippen LogP) is 4.96. The molecule has 0 amide bonds. The number of ether oxygens (including phenoxy) is 3. The van der Waals surface area contributed by atoms with Crippen LogP contribution in [0.25, 0.3) is 0 Å². The molecule has 2 heterocycles. The van der Waals surface area contributed by atoms with Crippen LogP contribution in [0.5, 0.6) is 17.2 Å². The van der Waals surface area contributed by atoms with Gasteiger partial charge < -0.3 is 19.1 Å². The Hall–Kier alpha value is -2.30. The normalized spacial score (nSPS) is 14.8. The van der Waals surface area contributed by atoms with E-state index in [1.807, 2.05) is 18.2 Å². The molecule has 1 aliphatic rings. The van der Waals surface area contributed by atoms with Crippen LogP contribution in [0.2, 0.25) is 0 Å². The second kappa shape index (κ2) is 10.5. The van der Waals surface area contributed by atoms with Crippen LogP contribution in [0.15, 0.2) is 51.1 Å². The first-order valence-electron chi connectivity index (χ1n) is 10.8. The standard InChI is InChI=1S/C24H27BrN2O5S2/c1-30-19-11-16(12-20(14-19)31-2)10-18-15-33-24(26-18)27-8-6-21(7-9-27)34(28,29)23-13-17(25)4-5-22(23)32-3/h4-5,11-15,21H,6-10H2,1-3H3. The van der Waals surface area contributed by atoms with Gasteiger partial charge in [0.15, 0.2) is 15.0 Å². The van der Waals surface area contributed by atoms with Crippen molar-refractivity contribution in [3.63, 3.8) is 0 Å². The largest absolute Gasteiger partial charge is 0.497 e. The Morgan fingerprint density at radius 2 is 1.71 bits per heavy atom. The van der Waals surface area contributed by atoms with E-state index in [-0.39, 0.29) is 4.90 Å². The predicted molar refractivity (Wildman–Crippen MR) is 138 cm³/mol. The highest BCUT2D eigenvalue weighted by atomic mass is 79.9. The molecule has 10 heteroatoms. The molecule has 1 saturated heterocycles. The number of hydrogen-bond acceptors (Lipinski definition) is 8. The van der Waals surface area contributed by atoms with Crippen LogP contribution in [0.3, 0.4) is 0 Å². The van der Waals surface area contributed by atoms with Crippen molar-refractivity contribution in [2.45, 2.75) is 29.4 Å². The summed E-state index contributed by atoms with van der Waals surface area (Å²) in [4.78, 5) is 7.23. The number of benzene rings is 2. The molecule has 4 rings (SSSR count). The van der Waals surface area contributed by atoms with Crippen molar-refractivity contribution >= 4 is 42.2 Å². The summed E-state index contributed by atoms with van der Waals surface area (Å²) in [5, 5.41) is 2.52. The van der Waals surface area contributed by atoms with Crippen LogP contribution in [-0.4, -0.2) is 53.1 Å². The number of hydrogen-bond donors (Lipinski definition) is 0. The summed E-state index contributed by atoms with van der Waals surface area (Å²) in [5.74, 6) is 1.87. The fraction of sp³-hybridized carbons (Fsp3) is 0.375. The quantitative estimate of drug-likeness (QED) is 0.381. The number of piperidine rings is 1. The maximum absolute atomic E-state index is 13.3. The Morgan fingerprint density at radius 1 is 1.03 bits per heavy atom. The van der Waals surface area contributed by atoms with Gasteiger partial charge in [-0.2, -0.15) is 0 Å². The summed E-state index contributed by atoms with van der Waals surface area (Å²) in [6.07, 6.45) is 1.75. The minimum atomic E-state index is -3.50. The molecule has 34 heavy (non-hydrogen) atoms. The SMILES string of the molecule is COc1cc(Cc2csc(N3CCC(S(=O)(=O)c4cc(Br)ccc4OC)CC3)n2)cc(OC)c1.